The van der Waals surface area contributed by atoms with Gasteiger partial charge in [-0.1, -0.05) is 66.7 Å². The molecule has 0 aliphatic heterocycles. The van der Waals surface area contributed by atoms with Gasteiger partial charge in [-0.15, -0.1) is 0 Å². The van der Waals surface area contributed by atoms with Crippen molar-refractivity contribution in [2.75, 3.05) is 0 Å². The van der Waals surface area contributed by atoms with Gasteiger partial charge in [-0.05, 0) is 65.7 Å². The molecule has 4 heterocycles. The molecule has 0 saturated carbocycles. The monoisotopic (exact) mass is 513 g/mol. The van der Waals surface area contributed by atoms with Gasteiger partial charge in [-0.3, -0.25) is 9.55 Å². The Morgan fingerprint density at radius 3 is 1.98 bits per heavy atom. The molecule has 4 aromatic heterocycles. The molecule has 0 radical (unpaired) electrons. The highest BCUT2D eigenvalue weighted by molar-refractivity contribution is 6.20. The summed E-state index contributed by atoms with van der Waals surface area (Å²) in [6.45, 7) is 0. The molecule has 188 valence electrons. The highest BCUT2D eigenvalue weighted by atomic mass is 15.1. The van der Waals surface area contributed by atoms with Crippen molar-refractivity contribution < 1.29 is 0 Å². The largest absolute Gasteiger partial charge is 0.309 e. The van der Waals surface area contributed by atoms with Crippen LogP contribution >= 0.6 is 0 Å². The van der Waals surface area contributed by atoms with Crippen molar-refractivity contribution >= 4 is 32.8 Å². The van der Waals surface area contributed by atoms with E-state index < -0.39 is 0 Å². The fourth-order valence-electron chi connectivity index (χ4n) is 5.72. The van der Waals surface area contributed by atoms with Crippen LogP contribution < -0.4 is 0 Å². The molecule has 0 unspecified atom stereocenters. The van der Waals surface area contributed by atoms with Crippen molar-refractivity contribution in [3.05, 3.63) is 140 Å². The van der Waals surface area contributed by atoms with E-state index in [1.54, 1.807) is 0 Å². The zero-order chi connectivity index (χ0) is 26.5. The Labute approximate surface area is 230 Å². The van der Waals surface area contributed by atoms with Crippen molar-refractivity contribution in [1.29, 1.82) is 0 Å². The summed E-state index contributed by atoms with van der Waals surface area (Å²) in [6, 6.07) is 42.1. The van der Waals surface area contributed by atoms with Gasteiger partial charge in [-0.25, -0.2) is 9.97 Å². The number of para-hydroxylation sites is 2. The third-order valence-corrected chi connectivity index (χ3v) is 7.51. The molecular formula is C35H23N5. The number of nitrogens with zero attached hydrogens (tertiary/aromatic N) is 5. The minimum absolute atomic E-state index is 0.837. The van der Waals surface area contributed by atoms with E-state index >= 15 is 0 Å². The zero-order valence-corrected chi connectivity index (χ0v) is 21.5. The number of benzene rings is 4. The molecule has 40 heavy (non-hydrogen) atoms. The summed E-state index contributed by atoms with van der Waals surface area (Å²) < 4.78 is 4.50. The molecule has 0 atom stereocenters. The lowest BCUT2D eigenvalue weighted by atomic mass is 10.0. The van der Waals surface area contributed by atoms with Crippen molar-refractivity contribution in [3.8, 4) is 34.0 Å². The van der Waals surface area contributed by atoms with E-state index in [0.717, 1.165) is 61.5 Å². The predicted octanol–water partition coefficient (Wildman–Crippen LogP) is 8.25. The molecule has 0 fully saturated rings. The quantitative estimate of drug-likeness (QED) is 0.238. The Kier molecular flexibility index (Phi) is 5.07. The number of hydrogen-bond donors (Lipinski definition) is 0. The van der Waals surface area contributed by atoms with E-state index in [0.29, 0.717) is 0 Å². The van der Waals surface area contributed by atoms with Gasteiger partial charge >= 0.3 is 0 Å². The second-order valence-electron chi connectivity index (χ2n) is 9.79. The summed E-state index contributed by atoms with van der Waals surface area (Å²) in [4.78, 5) is 14.2. The Morgan fingerprint density at radius 1 is 0.475 bits per heavy atom. The van der Waals surface area contributed by atoms with E-state index in [1.165, 1.54) is 5.39 Å². The minimum atomic E-state index is 0.837. The first kappa shape index (κ1) is 22.4. The first-order chi connectivity index (χ1) is 19.9. The van der Waals surface area contributed by atoms with E-state index in [-0.39, 0.29) is 0 Å². The van der Waals surface area contributed by atoms with Crippen molar-refractivity contribution in [2.45, 2.75) is 0 Å². The molecule has 5 nitrogen and oxygen atoms in total. The molecule has 0 N–H and O–H groups in total. The van der Waals surface area contributed by atoms with Gasteiger partial charge in [0.25, 0.3) is 0 Å². The van der Waals surface area contributed by atoms with Crippen molar-refractivity contribution in [1.82, 2.24) is 24.1 Å². The summed E-state index contributed by atoms with van der Waals surface area (Å²) in [7, 11) is 0. The lowest BCUT2D eigenvalue weighted by molar-refractivity contribution is 1.03. The second kappa shape index (κ2) is 9.03. The standard InChI is InChI=1S/C35H23N5/c1-2-8-27(9-3-1)39-29-11-5-4-10-28(29)33-30(39)17-18-31-34(33)38-35(40(31)32-12-6-7-21-37-32)26-15-13-24(14-16-26)25-19-22-36-23-20-25/h1-23H. The van der Waals surface area contributed by atoms with Gasteiger partial charge < -0.3 is 4.57 Å². The molecule has 8 rings (SSSR count). The Hall–Kier alpha value is -5.55. The molecular weight excluding hydrogens is 490 g/mol. The van der Waals surface area contributed by atoms with E-state index in [2.05, 4.69) is 105 Å². The van der Waals surface area contributed by atoms with Crippen LogP contribution in [-0.4, -0.2) is 24.1 Å². The molecule has 0 bridgehead atoms. The normalized spacial score (nSPS) is 11.5. The van der Waals surface area contributed by atoms with E-state index in [1.807, 2.05) is 48.9 Å². The van der Waals surface area contributed by atoms with Crippen LogP contribution in [0.25, 0.3) is 66.9 Å². The van der Waals surface area contributed by atoms with Crippen molar-refractivity contribution in [2.24, 2.45) is 0 Å². The van der Waals surface area contributed by atoms with Gasteiger partial charge in [0.05, 0.1) is 22.1 Å². The fraction of sp³-hybridized carbons (Fsp3) is 0. The zero-order valence-electron chi connectivity index (χ0n) is 21.5. The summed E-state index contributed by atoms with van der Waals surface area (Å²) in [6.07, 6.45) is 5.47. The molecule has 0 saturated heterocycles. The summed E-state index contributed by atoms with van der Waals surface area (Å²) >= 11 is 0. The number of imidazole rings is 1. The SMILES string of the molecule is c1ccc(-n2c3ccccc3c3c4nc(-c5ccc(-c6ccncc6)cc5)n(-c5ccccn5)c4ccc32)cc1. The van der Waals surface area contributed by atoms with Crippen LogP contribution in [0.2, 0.25) is 0 Å². The van der Waals surface area contributed by atoms with Crippen molar-refractivity contribution in [3.63, 3.8) is 0 Å². The summed E-state index contributed by atoms with van der Waals surface area (Å²) in [5.74, 6) is 1.70. The highest BCUT2D eigenvalue weighted by Gasteiger charge is 2.21. The third kappa shape index (κ3) is 3.45. The Bertz CT molecular complexity index is 2130. The number of rotatable bonds is 4. The summed E-state index contributed by atoms with van der Waals surface area (Å²) in [5.41, 5.74) is 8.70. The van der Waals surface area contributed by atoms with Crippen LogP contribution in [0.1, 0.15) is 0 Å². The van der Waals surface area contributed by atoms with E-state index in [9.17, 15) is 0 Å². The predicted molar refractivity (Wildman–Crippen MR) is 162 cm³/mol. The molecule has 0 aliphatic carbocycles. The lowest BCUT2D eigenvalue weighted by Gasteiger charge is -2.10. The Balaban J connectivity index is 1.43. The van der Waals surface area contributed by atoms with E-state index in [4.69, 9.17) is 9.97 Å². The van der Waals surface area contributed by atoms with Crippen LogP contribution in [0.4, 0.5) is 0 Å². The van der Waals surface area contributed by atoms with Gasteiger partial charge in [0.15, 0.2) is 0 Å². The molecule has 8 aromatic rings. The number of hydrogen-bond acceptors (Lipinski definition) is 3. The average molecular weight is 514 g/mol. The molecule has 0 spiro atoms. The maximum absolute atomic E-state index is 5.35. The van der Waals surface area contributed by atoms with Crippen LogP contribution in [0.15, 0.2) is 140 Å². The summed E-state index contributed by atoms with van der Waals surface area (Å²) in [5, 5.41) is 2.32. The Morgan fingerprint density at radius 2 is 1.18 bits per heavy atom. The third-order valence-electron chi connectivity index (χ3n) is 7.51. The fourth-order valence-corrected chi connectivity index (χ4v) is 5.72. The van der Waals surface area contributed by atoms with Gasteiger partial charge in [0, 0.05) is 40.6 Å². The molecule has 4 aromatic carbocycles. The van der Waals surface area contributed by atoms with Crippen LogP contribution in [0.5, 0.6) is 0 Å². The number of pyridine rings is 2. The van der Waals surface area contributed by atoms with Gasteiger partial charge in [0.2, 0.25) is 0 Å². The minimum Gasteiger partial charge on any atom is -0.309 e. The van der Waals surface area contributed by atoms with Gasteiger partial charge in [-0.2, -0.15) is 0 Å². The first-order valence-corrected chi connectivity index (χ1v) is 13.3. The van der Waals surface area contributed by atoms with Gasteiger partial charge in [0.1, 0.15) is 11.6 Å². The van der Waals surface area contributed by atoms with Crippen LogP contribution in [0, 0.1) is 0 Å². The smallest absolute Gasteiger partial charge is 0.146 e. The lowest BCUT2D eigenvalue weighted by Crippen LogP contribution is -1.99. The second-order valence-corrected chi connectivity index (χ2v) is 9.79. The molecule has 0 amide bonds. The van der Waals surface area contributed by atoms with Crippen LogP contribution in [0.3, 0.4) is 0 Å². The molecule has 5 heteroatoms. The maximum atomic E-state index is 5.35. The molecule has 0 aliphatic rings. The first-order valence-electron chi connectivity index (χ1n) is 13.3. The van der Waals surface area contributed by atoms with Crippen LogP contribution in [-0.2, 0) is 0 Å². The maximum Gasteiger partial charge on any atom is 0.146 e. The number of aromatic nitrogens is 5. The number of fused-ring (bicyclic) bond motifs is 5. The average Bonchev–Trinajstić information content (AvgIpc) is 3.59. The highest BCUT2D eigenvalue weighted by Crippen LogP contribution is 2.39. The topological polar surface area (TPSA) is 48.5 Å².